The zero-order valence-corrected chi connectivity index (χ0v) is 13.8. The maximum atomic E-state index is 12.6. The SMILES string of the molecule is CNCC1CCN(C(=O)c2cc(Cl)c(Cl)cc2OC)CC1. The largest absolute Gasteiger partial charge is 0.496 e. The Bertz CT molecular complexity index is 515. The van der Waals surface area contributed by atoms with Gasteiger partial charge in [-0.05, 0) is 38.4 Å². The van der Waals surface area contributed by atoms with Gasteiger partial charge >= 0.3 is 0 Å². The van der Waals surface area contributed by atoms with Crippen molar-refractivity contribution >= 4 is 29.1 Å². The molecule has 1 aliphatic heterocycles. The number of ether oxygens (including phenoxy) is 1. The molecule has 0 aliphatic carbocycles. The summed E-state index contributed by atoms with van der Waals surface area (Å²) in [6, 6.07) is 3.18. The van der Waals surface area contributed by atoms with Crippen molar-refractivity contribution in [3.8, 4) is 5.75 Å². The second-order valence-corrected chi connectivity index (χ2v) is 6.07. The maximum absolute atomic E-state index is 12.6. The summed E-state index contributed by atoms with van der Waals surface area (Å²) >= 11 is 12.0. The number of piperidine rings is 1. The summed E-state index contributed by atoms with van der Waals surface area (Å²) in [5.74, 6) is 1.05. The molecule has 0 radical (unpaired) electrons. The van der Waals surface area contributed by atoms with Crippen LogP contribution in [0.3, 0.4) is 0 Å². The second kappa shape index (κ2) is 7.34. The summed E-state index contributed by atoms with van der Waals surface area (Å²) in [5, 5.41) is 3.94. The number of nitrogens with one attached hydrogen (secondary N) is 1. The molecule has 1 amide bonds. The van der Waals surface area contributed by atoms with Gasteiger partial charge in [0, 0.05) is 19.2 Å². The summed E-state index contributed by atoms with van der Waals surface area (Å²) in [6.07, 6.45) is 2.02. The fourth-order valence-electron chi connectivity index (χ4n) is 2.66. The van der Waals surface area contributed by atoms with Gasteiger partial charge in [0.15, 0.2) is 0 Å². The second-order valence-electron chi connectivity index (χ2n) is 5.26. The van der Waals surface area contributed by atoms with Gasteiger partial charge in [0.25, 0.3) is 5.91 Å². The summed E-state index contributed by atoms with van der Waals surface area (Å²) in [7, 11) is 3.48. The van der Waals surface area contributed by atoms with Gasteiger partial charge in [-0.15, -0.1) is 0 Å². The number of benzene rings is 1. The molecule has 116 valence electrons. The Morgan fingerprint density at radius 1 is 1.33 bits per heavy atom. The molecule has 2 rings (SSSR count). The van der Waals surface area contributed by atoms with Crippen LogP contribution < -0.4 is 10.1 Å². The molecule has 1 N–H and O–H groups in total. The highest BCUT2D eigenvalue weighted by Gasteiger charge is 2.25. The number of carbonyl (C=O) groups excluding carboxylic acids is 1. The molecule has 0 bridgehead atoms. The summed E-state index contributed by atoms with van der Waals surface area (Å²) in [5.41, 5.74) is 0.471. The van der Waals surface area contributed by atoms with Crippen LogP contribution in [0, 0.1) is 5.92 Å². The molecule has 6 heteroatoms. The molecule has 1 aliphatic rings. The zero-order chi connectivity index (χ0) is 15.4. The van der Waals surface area contributed by atoms with Gasteiger partial charge in [-0.3, -0.25) is 4.79 Å². The van der Waals surface area contributed by atoms with Gasteiger partial charge in [0.1, 0.15) is 5.75 Å². The lowest BCUT2D eigenvalue weighted by Gasteiger charge is -2.32. The molecule has 1 saturated heterocycles. The minimum Gasteiger partial charge on any atom is -0.496 e. The number of carbonyl (C=O) groups is 1. The van der Waals surface area contributed by atoms with E-state index in [1.165, 1.54) is 7.11 Å². The molecular formula is C15H20Cl2N2O2. The van der Waals surface area contributed by atoms with Crippen LogP contribution in [-0.2, 0) is 0 Å². The van der Waals surface area contributed by atoms with Crippen LogP contribution in [0.4, 0.5) is 0 Å². The third kappa shape index (κ3) is 3.82. The van der Waals surface area contributed by atoms with Gasteiger partial charge in [-0.25, -0.2) is 0 Å². The Morgan fingerprint density at radius 3 is 2.52 bits per heavy atom. The highest BCUT2D eigenvalue weighted by molar-refractivity contribution is 6.42. The van der Waals surface area contributed by atoms with E-state index in [9.17, 15) is 4.79 Å². The summed E-state index contributed by atoms with van der Waals surface area (Å²) < 4.78 is 5.25. The highest BCUT2D eigenvalue weighted by atomic mass is 35.5. The average Bonchev–Trinajstić information content (AvgIpc) is 2.50. The lowest BCUT2D eigenvalue weighted by atomic mass is 9.96. The van der Waals surface area contributed by atoms with Crippen molar-refractivity contribution in [3.05, 3.63) is 27.7 Å². The summed E-state index contributed by atoms with van der Waals surface area (Å²) in [4.78, 5) is 14.5. The van der Waals surface area contributed by atoms with E-state index >= 15 is 0 Å². The molecule has 0 saturated carbocycles. The smallest absolute Gasteiger partial charge is 0.257 e. The third-order valence-corrected chi connectivity index (χ3v) is 4.59. The lowest BCUT2D eigenvalue weighted by Crippen LogP contribution is -2.40. The Morgan fingerprint density at radius 2 is 1.95 bits per heavy atom. The molecular weight excluding hydrogens is 311 g/mol. The molecule has 4 nitrogen and oxygen atoms in total. The van der Waals surface area contributed by atoms with Gasteiger partial charge < -0.3 is 15.0 Å². The number of methoxy groups -OCH3 is 1. The first-order valence-electron chi connectivity index (χ1n) is 7.03. The van der Waals surface area contributed by atoms with Crippen LogP contribution in [-0.4, -0.2) is 44.6 Å². The lowest BCUT2D eigenvalue weighted by molar-refractivity contribution is 0.0687. The number of amides is 1. The molecule has 1 heterocycles. The van der Waals surface area contributed by atoms with Crippen LogP contribution in [0.15, 0.2) is 12.1 Å². The first-order valence-corrected chi connectivity index (χ1v) is 7.79. The quantitative estimate of drug-likeness (QED) is 0.922. The highest BCUT2D eigenvalue weighted by Crippen LogP contribution is 2.32. The fourth-order valence-corrected chi connectivity index (χ4v) is 2.98. The van der Waals surface area contributed by atoms with E-state index in [1.54, 1.807) is 12.1 Å². The van der Waals surface area contributed by atoms with E-state index in [1.807, 2.05) is 11.9 Å². The van der Waals surface area contributed by atoms with Crippen molar-refractivity contribution in [1.29, 1.82) is 0 Å². The number of halogens is 2. The van der Waals surface area contributed by atoms with E-state index < -0.39 is 0 Å². The number of hydrogen-bond donors (Lipinski definition) is 1. The third-order valence-electron chi connectivity index (χ3n) is 3.87. The zero-order valence-electron chi connectivity index (χ0n) is 12.3. The minimum atomic E-state index is -0.0478. The first-order chi connectivity index (χ1) is 10.1. The van der Waals surface area contributed by atoms with Crippen LogP contribution in [0.1, 0.15) is 23.2 Å². The number of hydrogen-bond acceptors (Lipinski definition) is 3. The van der Waals surface area contributed by atoms with Crippen LogP contribution in [0.5, 0.6) is 5.75 Å². The molecule has 1 fully saturated rings. The predicted molar refractivity (Wildman–Crippen MR) is 85.6 cm³/mol. The molecule has 21 heavy (non-hydrogen) atoms. The molecule has 0 unspecified atom stereocenters. The first kappa shape index (κ1) is 16.4. The van der Waals surface area contributed by atoms with Crippen molar-refractivity contribution in [2.45, 2.75) is 12.8 Å². The molecule has 0 aromatic heterocycles. The standard InChI is InChI=1S/C15H20Cl2N2O2/c1-18-9-10-3-5-19(6-4-10)15(20)11-7-12(16)13(17)8-14(11)21-2/h7-8,10,18H,3-6,9H2,1-2H3. The summed E-state index contributed by atoms with van der Waals surface area (Å²) in [6.45, 7) is 2.52. The van der Waals surface area contributed by atoms with E-state index in [4.69, 9.17) is 27.9 Å². The molecule has 0 spiro atoms. The van der Waals surface area contributed by atoms with Crippen LogP contribution in [0.25, 0.3) is 0 Å². The number of nitrogens with zero attached hydrogens (tertiary/aromatic N) is 1. The Balaban J connectivity index is 2.12. The van der Waals surface area contributed by atoms with Crippen LogP contribution >= 0.6 is 23.2 Å². The monoisotopic (exact) mass is 330 g/mol. The van der Waals surface area contributed by atoms with Crippen molar-refractivity contribution in [1.82, 2.24) is 10.2 Å². The molecule has 0 atom stereocenters. The van der Waals surface area contributed by atoms with Crippen molar-refractivity contribution in [2.75, 3.05) is 33.8 Å². The van der Waals surface area contributed by atoms with Gasteiger partial charge in [-0.2, -0.15) is 0 Å². The number of likely N-dealkylation sites (tertiary alicyclic amines) is 1. The van der Waals surface area contributed by atoms with Crippen molar-refractivity contribution < 1.29 is 9.53 Å². The molecule has 1 aromatic carbocycles. The Hall–Kier alpha value is -0.970. The minimum absolute atomic E-state index is 0.0478. The average molecular weight is 331 g/mol. The fraction of sp³-hybridized carbons (Fsp3) is 0.533. The van der Waals surface area contributed by atoms with E-state index in [0.29, 0.717) is 27.3 Å². The van der Waals surface area contributed by atoms with E-state index in [-0.39, 0.29) is 5.91 Å². The maximum Gasteiger partial charge on any atom is 0.257 e. The molecule has 1 aromatic rings. The number of rotatable bonds is 4. The van der Waals surface area contributed by atoms with Crippen molar-refractivity contribution in [2.24, 2.45) is 5.92 Å². The topological polar surface area (TPSA) is 41.6 Å². The van der Waals surface area contributed by atoms with E-state index in [0.717, 1.165) is 32.5 Å². The van der Waals surface area contributed by atoms with Gasteiger partial charge in [-0.1, -0.05) is 23.2 Å². The Labute approximate surface area is 135 Å². The predicted octanol–water partition coefficient (Wildman–Crippen LogP) is 3.07. The normalized spacial score (nSPS) is 16.1. The van der Waals surface area contributed by atoms with Crippen molar-refractivity contribution in [3.63, 3.8) is 0 Å². The van der Waals surface area contributed by atoms with Crippen LogP contribution in [0.2, 0.25) is 10.0 Å². The Kier molecular flexibility index (Phi) is 5.73. The van der Waals surface area contributed by atoms with E-state index in [2.05, 4.69) is 5.32 Å². The van der Waals surface area contributed by atoms with Gasteiger partial charge in [0.05, 0.1) is 22.7 Å². The van der Waals surface area contributed by atoms with Gasteiger partial charge in [0.2, 0.25) is 0 Å².